The minimum atomic E-state index is -4.31. The second kappa shape index (κ2) is 7.65. The zero-order chi connectivity index (χ0) is 24.3. The van der Waals surface area contributed by atoms with Crippen molar-refractivity contribution in [1.29, 1.82) is 0 Å². The minimum absolute atomic E-state index is 0.107. The predicted molar refractivity (Wildman–Crippen MR) is 112 cm³/mol. The Morgan fingerprint density at radius 3 is 2.65 bits per heavy atom. The molecule has 3 aliphatic heterocycles. The summed E-state index contributed by atoms with van der Waals surface area (Å²) in [5.41, 5.74) is -3.60. The van der Waals surface area contributed by atoms with Crippen LogP contribution < -0.4 is 16.6 Å². The van der Waals surface area contributed by atoms with Gasteiger partial charge in [-0.2, -0.15) is 8.42 Å². The van der Waals surface area contributed by atoms with Crippen LogP contribution in [0.25, 0.3) is 0 Å². The number of hydrogen-bond acceptors (Lipinski definition) is 11. The molecule has 34 heavy (non-hydrogen) atoms. The van der Waals surface area contributed by atoms with E-state index in [2.05, 4.69) is 10.3 Å². The zero-order valence-electron chi connectivity index (χ0n) is 17.4. The number of ether oxygens (including phenoxy) is 3. The third kappa shape index (κ3) is 3.43. The van der Waals surface area contributed by atoms with Gasteiger partial charge in [0.15, 0.2) is 17.9 Å². The monoisotopic (exact) mass is 491 g/mol. The third-order valence-corrected chi connectivity index (χ3v) is 6.60. The summed E-state index contributed by atoms with van der Waals surface area (Å²) in [5.74, 6) is -1.64. The topological polar surface area (TPSA) is 172 Å². The van der Waals surface area contributed by atoms with E-state index in [0.29, 0.717) is 0 Å². The number of H-pyrrole nitrogens is 1. The molecule has 0 radical (unpaired) electrons. The van der Waals surface area contributed by atoms with Crippen molar-refractivity contribution in [2.45, 2.75) is 31.0 Å². The largest absolute Gasteiger partial charge is 0.459 e. The Morgan fingerprint density at radius 2 is 1.94 bits per heavy atom. The molecule has 4 heterocycles. The zero-order valence-corrected chi connectivity index (χ0v) is 18.2. The Morgan fingerprint density at radius 1 is 1.21 bits per heavy atom. The number of anilines is 1. The molecule has 0 amide bonds. The van der Waals surface area contributed by atoms with E-state index >= 15 is 0 Å². The lowest BCUT2D eigenvalue weighted by molar-refractivity contribution is -0.158. The van der Waals surface area contributed by atoms with E-state index in [1.807, 2.05) is 0 Å². The molecular weight excluding hydrogens is 474 g/mol. The van der Waals surface area contributed by atoms with Crippen LogP contribution in [0.15, 0.2) is 57.1 Å². The highest BCUT2D eigenvalue weighted by atomic mass is 32.2. The molecule has 1 saturated heterocycles. The van der Waals surface area contributed by atoms with Crippen LogP contribution >= 0.6 is 0 Å². The Kier molecular flexibility index (Phi) is 4.96. The van der Waals surface area contributed by atoms with Crippen LogP contribution in [0.2, 0.25) is 0 Å². The lowest BCUT2D eigenvalue weighted by Crippen LogP contribution is -2.53. The van der Waals surface area contributed by atoms with Crippen LogP contribution in [0.4, 0.5) is 5.82 Å². The van der Waals surface area contributed by atoms with Crippen LogP contribution in [-0.4, -0.2) is 54.3 Å². The van der Waals surface area contributed by atoms with Gasteiger partial charge in [0, 0.05) is 13.0 Å². The fourth-order valence-electron chi connectivity index (χ4n) is 4.27. The number of aromatic nitrogens is 2. The minimum Gasteiger partial charge on any atom is -0.459 e. The standard InChI is InChI=1S/C20H17N3O10S/c1-10(24)31-16-17-23-14(7-15(25)22-19(23)27)21-12-9-34(28,29)33-20(12,16)13(32-17)8-30-18(26)11-5-3-2-4-6-11/h2-7,9,13,16-17,21H,8H2,1H3,(H,22,25,27)/t13-,16+,17-,20-/m1/s1. The molecular formula is C20H17N3O10S. The summed E-state index contributed by atoms with van der Waals surface area (Å²) < 4.78 is 48.0. The predicted octanol–water partition coefficient (Wildman–Crippen LogP) is -0.412. The average molecular weight is 491 g/mol. The first kappa shape index (κ1) is 22.1. The number of aromatic amines is 1. The second-order valence-corrected chi connectivity index (χ2v) is 9.12. The van der Waals surface area contributed by atoms with Gasteiger partial charge in [0.05, 0.1) is 16.7 Å². The Bertz CT molecular complexity index is 1440. The highest BCUT2D eigenvalue weighted by Crippen LogP contribution is 2.52. The maximum atomic E-state index is 12.6. The van der Waals surface area contributed by atoms with E-state index in [4.69, 9.17) is 18.4 Å². The van der Waals surface area contributed by atoms with Gasteiger partial charge in [-0.1, -0.05) is 18.2 Å². The number of nitrogens with zero attached hydrogens (tertiary/aromatic N) is 1. The molecule has 0 aliphatic carbocycles. The Balaban J connectivity index is 1.61. The summed E-state index contributed by atoms with van der Waals surface area (Å²) >= 11 is 0. The van der Waals surface area contributed by atoms with Crippen molar-refractivity contribution in [2.24, 2.45) is 0 Å². The molecule has 3 aliphatic rings. The average Bonchev–Trinajstić information content (AvgIpc) is 3.15. The van der Waals surface area contributed by atoms with E-state index < -0.39 is 63.9 Å². The smallest absolute Gasteiger partial charge is 0.338 e. The van der Waals surface area contributed by atoms with Crippen LogP contribution in [-0.2, 0) is 33.3 Å². The molecule has 2 bridgehead atoms. The Labute approximate surface area is 191 Å². The lowest BCUT2D eigenvalue weighted by atomic mass is 9.89. The van der Waals surface area contributed by atoms with Gasteiger partial charge < -0.3 is 19.5 Å². The summed E-state index contributed by atoms with van der Waals surface area (Å²) in [6, 6.07) is 9.05. The first-order valence-electron chi connectivity index (χ1n) is 9.96. The second-order valence-electron chi connectivity index (χ2n) is 7.73. The maximum Gasteiger partial charge on any atom is 0.338 e. The van der Waals surface area contributed by atoms with Gasteiger partial charge in [-0.3, -0.25) is 14.6 Å². The SMILES string of the molecule is CC(=O)O[C@H]1[C@H]2O[C@H](COC(=O)c3ccccc3)[C@@]13OS(=O)(=O)C=C3Nc1cc(=O)[nH]c(=O)n12. The van der Waals surface area contributed by atoms with Crippen molar-refractivity contribution in [3.63, 3.8) is 0 Å². The number of fused-ring (bicyclic) bond motifs is 3. The lowest BCUT2D eigenvalue weighted by Gasteiger charge is -2.33. The number of carbonyl (C=O) groups excluding carboxylic acids is 2. The van der Waals surface area contributed by atoms with Crippen LogP contribution in [0.1, 0.15) is 23.5 Å². The quantitative estimate of drug-likeness (QED) is 0.420. The molecule has 14 heteroatoms. The summed E-state index contributed by atoms with van der Waals surface area (Å²) in [6.45, 7) is 0.576. The van der Waals surface area contributed by atoms with Crippen LogP contribution in [0.3, 0.4) is 0 Å². The summed E-state index contributed by atoms with van der Waals surface area (Å²) in [6.07, 6.45) is -4.24. The van der Waals surface area contributed by atoms with E-state index in [0.717, 1.165) is 23.0 Å². The van der Waals surface area contributed by atoms with Crippen LogP contribution in [0, 0.1) is 0 Å². The van der Waals surface area contributed by atoms with Crippen molar-refractivity contribution in [3.8, 4) is 0 Å². The highest BCUT2D eigenvalue weighted by molar-refractivity contribution is 7.90. The van der Waals surface area contributed by atoms with Gasteiger partial charge in [0.1, 0.15) is 18.5 Å². The normalized spacial score (nSPS) is 28.0. The molecule has 13 nitrogen and oxygen atoms in total. The van der Waals surface area contributed by atoms with E-state index in [1.54, 1.807) is 18.2 Å². The van der Waals surface area contributed by atoms with Gasteiger partial charge in [-0.15, -0.1) is 0 Å². The van der Waals surface area contributed by atoms with Gasteiger partial charge in [-0.05, 0) is 12.1 Å². The number of esters is 2. The molecule has 4 atom stereocenters. The first-order valence-corrected chi connectivity index (χ1v) is 11.4. The number of benzene rings is 1. The van der Waals surface area contributed by atoms with E-state index in [-0.39, 0.29) is 17.1 Å². The van der Waals surface area contributed by atoms with Crippen molar-refractivity contribution in [1.82, 2.24) is 9.55 Å². The van der Waals surface area contributed by atoms with Gasteiger partial charge in [0.2, 0.25) is 0 Å². The fraction of sp³-hybridized carbons (Fsp3) is 0.300. The number of rotatable bonds is 4. The fourth-order valence-corrected chi connectivity index (χ4v) is 5.53. The summed E-state index contributed by atoms with van der Waals surface area (Å²) in [5, 5.41) is 3.46. The maximum absolute atomic E-state index is 12.6. The third-order valence-electron chi connectivity index (χ3n) is 5.56. The van der Waals surface area contributed by atoms with Gasteiger partial charge >= 0.3 is 17.6 Å². The number of nitrogens with one attached hydrogen (secondary N) is 2. The molecule has 1 spiro atoms. The number of carbonyl (C=O) groups is 2. The number of hydrogen-bond donors (Lipinski definition) is 2. The van der Waals surface area contributed by atoms with E-state index in [1.165, 1.54) is 12.1 Å². The summed E-state index contributed by atoms with van der Waals surface area (Å²) in [7, 11) is -4.31. The van der Waals surface area contributed by atoms with Crippen molar-refractivity contribution in [3.05, 3.63) is 73.9 Å². The van der Waals surface area contributed by atoms with Crippen molar-refractivity contribution < 1.29 is 36.4 Å². The molecule has 5 rings (SSSR count). The molecule has 2 aromatic rings. The van der Waals surface area contributed by atoms with Gasteiger partial charge in [-0.25, -0.2) is 18.3 Å². The molecule has 178 valence electrons. The van der Waals surface area contributed by atoms with Gasteiger partial charge in [0.25, 0.3) is 15.7 Å². The molecule has 1 aromatic carbocycles. The molecule has 1 fully saturated rings. The van der Waals surface area contributed by atoms with E-state index in [9.17, 15) is 27.6 Å². The highest BCUT2D eigenvalue weighted by Gasteiger charge is 2.69. The van der Waals surface area contributed by atoms with Crippen molar-refractivity contribution in [2.75, 3.05) is 11.9 Å². The molecule has 2 N–H and O–H groups in total. The van der Waals surface area contributed by atoms with Crippen molar-refractivity contribution >= 4 is 27.9 Å². The first-order chi connectivity index (χ1) is 16.1. The Hall–Kier alpha value is -3.75. The summed E-state index contributed by atoms with van der Waals surface area (Å²) in [4.78, 5) is 51.0. The van der Waals surface area contributed by atoms with Crippen LogP contribution in [0.5, 0.6) is 0 Å². The molecule has 1 aromatic heterocycles. The molecule has 0 unspecified atom stereocenters. The molecule has 0 saturated carbocycles.